The largest absolute Gasteiger partial charge is 0.384 e. The van der Waals surface area contributed by atoms with Crippen LogP contribution >= 0.6 is 46.3 Å². The monoisotopic (exact) mass is 505 g/mol. The van der Waals surface area contributed by atoms with Crippen molar-refractivity contribution in [1.29, 1.82) is 5.26 Å². The van der Waals surface area contributed by atoms with Crippen molar-refractivity contribution in [3.63, 3.8) is 0 Å². The van der Waals surface area contributed by atoms with Gasteiger partial charge in [-0.3, -0.25) is 9.69 Å². The minimum absolute atomic E-state index is 0.0230. The number of anilines is 1. The Bertz CT molecular complexity index is 1210. The number of nitriles is 1. The molecule has 10 heteroatoms. The highest BCUT2D eigenvalue weighted by Gasteiger charge is 2.45. The summed E-state index contributed by atoms with van der Waals surface area (Å²) in [4.78, 5) is 15.2. The smallest absolute Gasteiger partial charge is 0.219 e. The normalized spacial score (nSPS) is 20.4. The minimum atomic E-state index is -0.656. The predicted octanol–water partition coefficient (Wildman–Crippen LogP) is 5.90. The fourth-order valence-corrected chi connectivity index (χ4v) is 6.54. The van der Waals surface area contributed by atoms with E-state index in [1.165, 1.54) is 11.3 Å². The number of nitrogens with zero attached hydrogens (tertiary/aromatic N) is 4. The number of benzene rings is 1. The van der Waals surface area contributed by atoms with Gasteiger partial charge in [0.1, 0.15) is 5.82 Å². The van der Waals surface area contributed by atoms with Crippen molar-refractivity contribution in [3.05, 3.63) is 56.5 Å². The Labute approximate surface area is 205 Å². The molecule has 32 heavy (non-hydrogen) atoms. The molecule has 4 rings (SSSR count). The van der Waals surface area contributed by atoms with Crippen molar-refractivity contribution in [1.82, 2.24) is 10.2 Å². The van der Waals surface area contributed by atoms with Gasteiger partial charge in [0.2, 0.25) is 5.13 Å². The van der Waals surface area contributed by atoms with Crippen molar-refractivity contribution in [2.75, 3.05) is 10.7 Å². The fourth-order valence-electron chi connectivity index (χ4n) is 4.25. The average molecular weight is 506 g/mol. The number of allylic oxidation sites excluding steroid dienone is 3. The van der Waals surface area contributed by atoms with Gasteiger partial charge in [0.05, 0.1) is 17.6 Å². The Morgan fingerprint density at radius 2 is 2.09 bits per heavy atom. The Kier molecular flexibility index (Phi) is 6.29. The van der Waals surface area contributed by atoms with Crippen LogP contribution in [-0.2, 0) is 4.79 Å². The molecule has 1 aliphatic heterocycles. The number of Topliss-reactive ketones (excluding diaryl/α,β-unsaturated/α-hetero) is 1. The van der Waals surface area contributed by atoms with Crippen LogP contribution in [0.15, 0.2) is 45.2 Å². The maximum atomic E-state index is 13.5. The quantitative estimate of drug-likeness (QED) is 0.516. The average Bonchev–Trinajstić information content (AvgIpc) is 3.15. The van der Waals surface area contributed by atoms with E-state index < -0.39 is 5.92 Å². The van der Waals surface area contributed by atoms with Crippen LogP contribution < -0.4 is 10.6 Å². The third-order valence-corrected chi connectivity index (χ3v) is 8.00. The van der Waals surface area contributed by atoms with E-state index in [1.807, 2.05) is 6.92 Å². The zero-order valence-electron chi connectivity index (χ0n) is 17.8. The first-order valence-electron chi connectivity index (χ1n) is 10.0. The summed E-state index contributed by atoms with van der Waals surface area (Å²) in [5, 5.41) is 20.1. The molecule has 1 aromatic carbocycles. The molecule has 0 fully saturated rings. The molecule has 1 aromatic heterocycles. The number of rotatable bonds is 4. The van der Waals surface area contributed by atoms with Gasteiger partial charge >= 0.3 is 0 Å². The summed E-state index contributed by atoms with van der Waals surface area (Å²) in [6, 6.07) is 7.32. The summed E-state index contributed by atoms with van der Waals surface area (Å²) in [5.41, 5.74) is 8.53. The lowest BCUT2D eigenvalue weighted by Crippen LogP contribution is -2.42. The van der Waals surface area contributed by atoms with Gasteiger partial charge in [-0.2, -0.15) is 5.26 Å². The second kappa shape index (κ2) is 8.71. The maximum absolute atomic E-state index is 13.5. The van der Waals surface area contributed by atoms with Gasteiger partial charge in [-0.25, -0.2) is 0 Å². The van der Waals surface area contributed by atoms with Crippen LogP contribution in [0.5, 0.6) is 0 Å². The van der Waals surface area contributed by atoms with E-state index in [1.54, 1.807) is 34.9 Å². The zero-order chi connectivity index (χ0) is 23.2. The lowest BCUT2D eigenvalue weighted by molar-refractivity contribution is -0.118. The van der Waals surface area contributed by atoms with Crippen LogP contribution in [0.4, 0.5) is 5.13 Å². The van der Waals surface area contributed by atoms with Gasteiger partial charge in [-0.1, -0.05) is 73.1 Å². The molecule has 166 valence electrons. The van der Waals surface area contributed by atoms with Gasteiger partial charge in [0, 0.05) is 27.7 Å². The third kappa shape index (κ3) is 4.03. The van der Waals surface area contributed by atoms with E-state index in [0.717, 1.165) is 15.8 Å². The number of halogens is 2. The Hall–Kier alpha value is -2.05. The molecule has 0 radical (unpaired) electrons. The first-order chi connectivity index (χ1) is 15.2. The molecule has 2 heterocycles. The summed E-state index contributed by atoms with van der Waals surface area (Å²) in [6.45, 7) is 6.14. The van der Waals surface area contributed by atoms with E-state index in [9.17, 15) is 10.1 Å². The van der Waals surface area contributed by atoms with Crippen LogP contribution in [0.3, 0.4) is 0 Å². The fraction of sp³-hybridized carbons (Fsp3) is 0.364. The highest BCUT2D eigenvalue weighted by molar-refractivity contribution is 8.01. The van der Waals surface area contributed by atoms with Crippen LogP contribution in [0.25, 0.3) is 0 Å². The van der Waals surface area contributed by atoms with Crippen molar-refractivity contribution < 1.29 is 4.79 Å². The molecular formula is C22H21Cl2N5OS2. The standard InChI is InChI=1S/C22H21Cl2N5OS2/c1-4-31-21-28-27-20(32-21)29-15-8-22(2,3)9-16(30)18(15)17(13(10-25)19(29)26)12-6-5-11(23)7-14(12)24/h5-7,17H,4,8-9,26H2,1-3H3. The van der Waals surface area contributed by atoms with E-state index >= 15 is 0 Å². The number of hydrogen-bond acceptors (Lipinski definition) is 8. The van der Waals surface area contributed by atoms with Gasteiger partial charge in [-0.15, -0.1) is 10.2 Å². The second-order valence-electron chi connectivity index (χ2n) is 8.43. The highest BCUT2D eigenvalue weighted by atomic mass is 35.5. The number of ketones is 1. The number of carbonyl (C=O) groups excluding carboxylic acids is 1. The molecule has 1 aliphatic carbocycles. The van der Waals surface area contributed by atoms with E-state index in [0.29, 0.717) is 39.2 Å². The Morgan fingerprint density at radius 1 is 1.34 bits per heavy atom. The lowest BCUT2D eigenvalue weighted by atomic mass is 9.68. The van der Waals surface area contributed by atoms with Gasteiger partial charge < -0.3 is 5.73 Å². The SMILES string of the molecule is CCSc1nnc(N2C(N)=C(C#N)C(c3ccc(Cl)cc3Cl)C3=C2CC(C)(C)CC3=O)s1. The highest BCUT2D eigenvalue weighted by Crippen LogP contribution is 2.51. The molecule has 0 bridgehead atoms. The number of aromatic nitrogens is 2. The number of carbonyl (C=O) groups is 1. The van der Waals surface area contributed by atoms with Gasteiger partial charge in [0.15, 0.2) is 10.1 Å². The molecule has 1 atom stereocenters. The molecule has 0 amide bonds. The molecule has 2 aliphatic rings. The molecule has 2 N–H and O–H groups in total. The summed E-state index contributed by atoms with van der Waals surface area (Å²) in [5.74, 6) is 0.430. The van der Waals surface area contributed by atoms with Crippen LogP contribution in [0, 0.1) is 16.7 Å². The van der Waals surface area contributed by atoms with Crippen molar-refractivity contribution in [2.24, 2.45) is 11.1 Å². The summed E-state index contributed by atoms with van der Waals surface area (Å²) in [7, 11) is 0. The van der Waals surface area contributed by atoms with E-state index in [-0.39, 0.29) is 22.6 Å². The Morgan fingerprint density at radius 3 is 2.75 bits per heavy atom. The topological polar surface area (TPSA) is 95.9 Å². The maximum Gasteiger partial charge on any atom is 0.219 e. The van der Waals surface area contributed by atoms with E-state index in [2.05, 4.69) is 30.1 Å². The van der Waals surface area contributed by atoms with Gasteiger partial charge in [0.25, 0.3) is 0 Å². The molecule has 6 nitrogen and oxygen atoms in total. The molecule has 2 aromatic rings. The van der Waals surface area contributed by atoms with Crippen molar-refractivity contribution >= 4 is 57.2 Å². The van der Waals surface area contributed by atoms with Gasteiger partial charge in [-0.05, 0) is 35.3 Å². The molecule has 0 spiro atoms. The van der Waals surface area contributed by atoms with Crippen LogP contribution in [-0.4, -0.2) is 21.7 Å². The minimum Gasteiger partial charge on any atom is -0.384 e. The van der Waals surface area contributed by atoms with Crippen LogP contribution in [0.1, 0.15) is 45.1 Å². The number of thioether (sulfide) groups is 1. The first kappa shape index (κ1) is 23.1. The Balaban J connectivity index is 1.97. The first-order valence-corrected chi connectivity index (χ1v) is 12.6. The van der Waals surface area contributed by atoms with Crippen molar-refractivity contribution in [3.8, 4) is 6.07 Å². The van der Waals surface area contributed by atoms with E-state index in [4.69, 9.17) is 28.9 Å². The summed E-state index contributed by atoms with van der Waals surface area (Å²) in [6.07, 6.45) is 0.970. The number of nitrogens with two attached hydrogens (primary N) is 1. The number of hydrogen-bond donors (Lipinski definition) is 1. The second-order valence-corrected chi connectivity index (χ2v) is 11.7. The van der Waals surface area contributed by atoms with Crippen molar-refractivity contribution in [2.45, 2.75) is 43.9 Å². The van der Waals surface area contributed by atoms with Crippen LogP contribution in [0.2, 0.25) is 10.0 Å². The predicted molar refractivity (Wildman–Crippen MR) is 130 cm³/mol. The lowest BCUT2D eigenvalue weighted by Gasteiger charge is -2.42. The summed E-state index contributed by atoms with van der Waals surface area (Å²) < 4.78 is 0.806. The molecule has 0 saturated carbocycles. The summed E-state index contributed by atoms with van der Waals surface area (Å²) >= 11 is 15.6. The zero-order valence-corrected chi connectivity index (χ0v) is 20.9. The third-order valence-electron chi connectivity index (χ3n) is 5.51. The molecule has 1 unspecified atom stereocenters. The molecule has 0 saturated heterocycles. The molecular weight excluding hydrogens is 485 g/mol.